The van der Waals surface area contributed by atoms with Crippen molar-refractivity contribution in [2.75, 3.05) is 6.61 Å². The zero-order chi connectivity index (χ0) is 11.9. The molecule has 1 fully saturated rings. The van der Waals surface area contributed by atoms with E-state index >= 15 is 0 Å². The molecule has 1 aliphatic heterocycles. The highest BCUT2D eigenvalue weighted by molar-refractivity contribution is 5.92. The Morgan fingerprint density at radius 2 is 2.00 bits per heavy atom. The first-order valence-electron chi connectivity index (χ1n) is 6.75. The summed E-state index contributed by atoms with van der Waals surface area (Å²) in [6, 6.07) is 13.2. The summed E-state index contributed by atoms with van der Waals surface area (Å²) in [5.41, 5.74) is 2.88. The lowest BCUT2D eigenvalue weighted by Crippen LogP contribution is -2.28. The fraction of sp³-hybridized carbons (Fsp3) is 0.294. The normalized spacial score (nSPS) is 25.8. The summed E-state index contributed by atoms with van der Waals surface area (Å²) < 4.78 is 5.86. The van der Waals surface area contributed by atoms with Gasteiger partial charge in [0.15, 0.2) is 0 Å². The lowest BCUT2D eigenvalue weighted by molar-refractivity contribution is 0.0292. The largest absolute Gasteiger partial charge is 0.374 e. The Kier molecular flexibility index (Phi) is 2.27. The van der Waals surface area contributed by atoms with Crippen LogP contribution in [0, 0.1) is 0 Å². The van der Waals surface area contributed by atoms with Gasteiger partial charge in [0.05, 0.1) is 6.10 Å². The van der Waals surface area contributed by atoms with Crippen LogP contribution in [0.1, 0.15) is 29.9 Å². The average Bonchev–Trinajstić information content (AvgIpc) is 2.46. The molecule has 1 heterocycles. The quantitative estimate of drug-likeness (QED) is 0.668. The molecule has 0 aromatic heterocycles. The van der Waals surface area contributed by atoms with Gasteiger partial charge in [-0.25, -0.2) is 0 Å². The molecular weight excluding hydrogens is 220 g/mol. The number of hydrogen-bond acceptors (Lipinski definition) is 1. The Labute approximate surface area is 107 Å². The number of rotatable bonds is 0. The molecule has 18 heavy (non-hydrogen) atoms. The van der Waals surface area contributed by atoms with Crippen molar-refractivity contribution >= 4 is 16.8 Å². The molecule has 2 aromatic carbocycles. The van der Waals surface area contributed by atoms with Crippen molar-refractivity contribution in [1.82, 2.24) is 0 Å². The lowest BCUT2D eigenvalue weighted by Gasteiger charge is -2.34. The Morgan fingerprint density at radius 3 is 3.00 bits per heavy atom. The molecule has 90 valence electrons. The number of hydrogen-bond donors (Lipinski definition) is 0. The number of fused-ring (bicyclic) bond motifs is 5. The molecule has 1 nitrogen and oxygen atoms in total. The first kappa shape index (κ1) is 10.3. The molecule has 2 aliphatic rings. The standard InChI is InChI=1S/C17H16O/c1-2-5-13-12(4-1)7-8-15-14(13)9-10-17-16(15)6-3-11-18-17/h1-2,4-5,7-10,16-17H,3,6,11H2. The van der Waals surface area contributed by atoms with Crippen molar-refractivity contribution in [2.24, 2.45) is 0 Å². The third kappa shape index (κ3) is 1.44. The Hall–Kier alpha value is -1.60. The van der Waals surface area contributed by atoms with Crippen LogP contribution < -0.4 is 0 Å². The molecule has 2 atom stereocenters. The van der Waals surface area contributed by atoms with Gasteiger partial charge in [-0.05, 0) is 34.7 Å². The van der Waals surface area contributed by atoms with E-state index in [4.69, 9.17) is 4.74 Å². The molecule has 0 amide bonds. The molecule has 2 aromatic rings. The van der Waals surface area contributed by atoms with E-state index in [0.717, 1.165) is 6.61 Å². The van der Waals surface area contributed by atoms with Crippen LogP contribution in [0.5, 0.6) is 0 Å². The summed E-state index contributed by atoms with van der Waals surface area (Å²) in [6.45, 7) is 0.911. The summed E-state index contributed by atoms with van der Waals surface area (Å²) in [4.78, 5) is 0. The summed E-state index contributed by atoms with van der Waals surface area (Å²) in [7, 11) is 0. The Balaban J connectivity index is 1.95. The predicted octanol–water partition coefficient (Wildman–Crippen LogP) is 4.13. The molecular formula is C17H16O. The van der Waals surface area contributed by atoms with Crippen molar-refractivity contribution < 1.29 is 4.74 Å². The molecule has 1 aliphatic carbocycles. The van der Waals surface area contributed by atoms with Crippen LogP contribution in [0.2, 0.25) is 0 Å². The minimum atomic E-state index is 0.299. The minimum Gasteiger partial charge on any atom is -0.374 e. The smallest absolute Gasteiger partial charge is 0.0827 e. The Morgan fingerprint density at radius 1 is 1.06 bits per heavy atom. The minimum absolute atomic E-state index is 0.299. The Bertz CT molecular complexity index is 627. The van der Waals surface area contributed by atoms with Gasteiger partial charge in [0.2, 0.25) is 0 Å². The summed E-state index contributed by atoms with van der Waals surface area (Å²) in [5.74, 6) is 0.559. The highest BCUT2D eigenvalue weighted by Gasteiger charge is 2.29. The zero-order valence-electron chi connectivity index (χ0n) is 10.3. The molecule has 2 unspecified atom stereocenters. The van der Waals surface area contributed by atoms with E-state index in [9.17, 15) is 0 Å². The van der Waals surface area contributed by atoms with Crippen LogP contribution in [-0.2, 0) is 4.74 Å². The van der Waals surface area contributed by atoms with Crippen LogP contribution in [0.3, 0.4) is 0 Å². The molecule has 0 spiro atoms. The maximum Gasteiger partial charge on any atom is 0.0827 e. The molecule has 0 radical (unpaired) electrons. The maximum absolute atomic E-state index is 5.86. The van der Waals surface area contributed by atoms with E-state index < -0.39 is 0 Å². The summed E-state index contributed by atoms with van der Waals surface area (Å²) in [5, 5.41) is 2.70. The van der Waals surface area contributed by atoms with Crippen LogP contribution in [0.25, 0.3) is 16.8 Å². The molecule has 0 saturated carbocycles. The van der Waals surface area contributed by atoms with Gasteiger partial charge in [-0.1, -0.05) is 48.6 Å². The van der Waals surface area contributed by atoms with Crippen LogP contribution >= 0.6 is 0 Å². The molecule has 4 rings (SSSR count). The van der Waals surface area contributed by atoms with E-state index in [-0.39, 0.29) is 0 Å². The van der Waals surface area contributed by atoms with Crippen LogP contribution in [-0.4, -0.2) is 12.7 Å². The second-order valence-corrected chi connectivity index (χ2v) is 5.23. The second-order valence-electron chi connectivity index (χ2n) is 5.23. The first-order valence-corrected chi connectivity index (χ1v) is 6.75. The maximum atomic E-state index is 5.86. The molecule has 1 heteroatoms. The van der Waals surface area contributed by atoms with Crippen LogP contribution in [0.15, 0.2) is 42.5 Å². The van der Waals surface area contributed by atoms with Crippen molar-refractivity contribution in [3.05, 3.63) is 53.6 Å². The van der Waals surface area contributed by atoms with Crippen molar-refractivity contribution in [3.63, 3.8) is 0 Å². The average molecular weight is 236 g/mol. The highest BCUT2D eigenvalue weighted by atomic mass is 16.5. The van der Waals surface area contributed by atoms with Crippen LogP contribution in [0.4, 0.5) is 0 Å². The SMILES string of the molecule is C1=CC2OCCCC2c2ccc3ccccc3c21. The summed E-state index contributed by atoms with van der Waals surface area (Å²) >= 11 is 0. The van der Waals surface area contributed by atoms with E-state index in [1.807, 2.05) is 0 Å². The van der Waals surface area contributed by atoms with Crippen molar-refractivity contribution in [3.8, 4) is 0 Å². The van der Waals surface area contributed by atoms with Gasteiger partial charge in [0.25, 0.3) is 0 Å². The third-order valence-electron chi connectivity index (χ3n) is 4.22. The van der Waals surface area contributed by atoms with E-state index in [0.29, 0.717) is 12.0 Å². The third-order valence-corrected chi connectivity index (χ3v) is 4.22. The van der Waals surface area contributed by atoms with Gasteiger partial charge >= 0.3 is 0 Å². The molecule has 0 N–H and O–H groups in total. The van der Waals surface area contributed by atoms with E-state index in [2.05, 4.69) is 48.6 Å². The fourth-order valence-corrected chi connectivity index (χ4v) is 3.34. The van der Waals surface area contributed by atoms with Crippen molar-refractivity contribution in [2.45, 2.75) is 24.9 Å². The summed E-state index contributed by atoms with van der Waals surface area (Å²) in [6.07, 6.45) is 7.23. The van der Waals surface area contributed by atoms with Gasteiger partial charge in [-0.2, -0.15) is 0 Å². The van der Waals surface area contributed by atoms with Gasteiger partial charge in [-0.15, -0.1) is 0 Å². The van der Waals surface area contributed by atoms with Gasteiger partial charge in [0.1, 0.15) is 0 Å². The topological polar surface area (TPSA) is 9.23 Å². The fourth-order valence-electron chi connectivity index (χ4n) is 3.34. The lowest BCUT2D eigenvalue weighted by atomic mass is 9.79. The van der Waals surface area contributed by atoms with E-state index in [1.54, 1.807) is 0 Å². The molecule has 0 bridgehead atoms. The monoisotopic (exact) mass is 236 g/mol. The molecule has 1 saturated heterocycles. The van der Waals surface area contributed by atoms with Gasteiger partial charge in [0, 0.05) is 12.5 Å². The van der Waals surface area contributed by atoms with E-state index in [1.165, 1.54) is 34.7 Å². The predicted molar refractivity (Wildman–Crippen MR) is 74.7 cm³/mol. The van der Waals surface area contributed by atoms with Gasteiger partial charge in [-0.3, -0.25) is 0 Å². The number of ether oxygens (including phenoxy) is 1. The number of benzene rings is 2. The second kappa shape index (κ2) is 3.96. The van der Waals surface area contributed by atoms with Gasteiger partial charge < -0.3 is 4.74 Å². The zero-order valence-corrected chi connectivity index (χ0v) is 10.3. The van der Waals surface area contributed by atoms with Crippen molar-refractivity contribution in [1.29, 1.82) is 0 Å². The first-order chi connectivity index (χ1) is 8.93. The highest BCUT2D eigenvalue weighted by Crippen LogP contribution is 2.40.